The van der Waals surface area contributed by atoms with Crippen LogP contribution in [0, 0.1) is 24.0 Å². The Morgan fingerprint density at radius 1 is 1.23 bits per heavy atom. The van der Waals surface area contributed by atoms with Crippen molar-refractivity contribution >= 4 is 17.3 Å². The first-order chi connectivity index (χ1) is 10.4. The van der Waals surface area contributed by atoms with Gasteiger partial charge in [-0.3, -0.25) is 14.9 Å². The fourth-order valence-electron chi connectivity index (χ4n) is 2.24. The summed E-state index contributed by atoms with van der Waals surface area (Å²) in [4.78, 5) is 22.9. The maximum Gasteiger partial charge on any atom is 0.293 e. The third kappa shape index (κ3) is 3.11. The van der Waals surface area contributed by atoms with Crippen LogP contribution in [0.1, 0.15) is 24.2 Å². The van der Waals surface area contributed by atoms with E-state index in [-0.39, 0.29) is 17.3 Å². The van der Waals surface area contributed by atoms with Gasteiger partial charge in [0, 0.05) is 31.5 Å². The van der Waals surface area contributed by atoms with Gasteiger partial charge in [0.1, 0.15) is 5.69 Å². The Morgan fingerprint density at radius 3 is 2.59 bits per heavy atom. The number of aryl methyl sites for hydroxylation is 1. The summed E-state index contributed by atoms with van der Waals surface area (Å²) in [5, 5.41) is 13.6. The van der Waals surface area contributed by atoms with Gasteiger partial charge in [0.25, 0.3) is 11.6 Å². The molecule has 6 nitrogen and oxygen atoms in total. The van der Waals surface area contributed by atoms with Crippen molar-refractivity contribution in [2.45, 2.75) is 26.8 Å². The SMILES string of the molecule is Cc1ccc[n+]([C@@H](C)C(=O)Nc2ccccc2[N+](=O)[O-])c1C. The van der Waals surface area contributed by atoms with Crippen LogP contribution in [0.2, 0.25) is 0 Å². The van der Waals surface area contributed by atoms with Gasteiger partial charge in [0.2, 0.25) is 6.04 Å². The number of hydrogen-bond acceptors (Lipinski definition) is 3. The van der Waals surface area contributed by atoms with Crippen molar-refractivity contribution in [2.24, 2.45) is 0 Å². The van der Waals surface area contributed by atoms with E-state index in [0.717, 1.165) is 11.3 Å². The molecule has 22 heavy (non-hydrogen) atoms. The summed E-state index contributed by atoms with van der Waals surface area (Å²) in [7, 11) is 0. The fourth-order valence-corrected chi connectivity index (χ4v) is 2.24. The second-order valence-corrected chi connectivity index (χ2v) is 5.12. The van der Waals surface area contributed by atoms with Crippen LogP contribution in [0.25, 0.3) is 0 Å². The molecule has 2 rings (SSSR count). The number of para-hydroxylation sites is 2. The van der Waals surface area contributed by atoms with E-state index in [4.69, 9.17) is 0 Å². The number of aromatic nitrogens is 1. The van der Waals surface area contributed by atoms with Crippen LogP contribution in [0.15, 0.2) is 42.6 Å². The number of hydrogen-bond donors (Lipinski definition) is 1. The molecule has 1 N–H and O–H groups in total. The Morgan fingerprint density at radius 2 is 1.91 bits per heavy atom. The second-order valence-electron chi connectivity index (χ2n) is 5.12. The molecule has 1 amide bonds. The van der Waals surface area contributed by atoms with Crippen molar-refractivity contribution in [1.29, 1.82) is 0 Å². The zero-order chi connectivity index (χ0) is 16.3. The molecule has 6 heteroatoms. The van der Waals surface area contributed by atoms with Crippen LogP contribution in [0.5, 0.6) is 0 Å². The van der Waals surface area contributed by atoms with Gasteiger partial charge in [0.05, 0.1) is 4.92 Å². The number of nitro benzene ring substituents is 1. The summed E-state index contributed by atoms with van der Waals surface area (Å²) in [6, 6.07) is 9.48. The Hall–Kier alpha value is -2.76. The van der Waals surface area contributed by atoms with Crippen LogP contribution >= 0.6 is 0 Å². The van der Waals surface area contributed by atoms with Gasteiger partial charge in [-0.15, -0.1) is 0 Å². The highest BCUT2D eigenvalue weighted by molar-refractivity contribution is 5.94. The average Bonchev–Trinajstić information content (AvgIpc) is 2.49. The molecule has 0 unspecified atom stereocenters. The molecule has 0 saturated heterocycles. The number of rotatable bonds is 4. The number of carbonyl (C=O) groups is 1. The quantitative estimate of drug-likeness (QED) is 0.536. The molecule has 1 aromatic carbocycles. The van der Waals surface area contributed by atoms with E-state index < -0.39 is 11.0 Å². The number of nitrogens with one attached hydrogen (secondary N) is 1. The van der Waals surface area contributed by atoms with Crippen molar-refractivity contribution in [1.82, 2.24) is 0 Å². The number of nitro groups is 1. The van der Waals surface area contributed by atoms with Crippen molar-refractivity contribution in [3.8, 4) is 0 Å². The number of anilines is 1. The highest BCUT2D eigenvalue weighted by atomic mass is 16.6. The van der Waals surface area contributed by atoms with Gasteiger partial charge in [-0.05, 0) is 19.1 Å². The number of pyridine rings is 1. The molecular weight excluding hydrogens is 282 g/mol. The zero-order valence-electron chi connectivity index (χ0n) is 12.7. The fraction of sp³-hybridized carbons (Fsp3) is 0.250. The van der Waals surface area contributed by atoms with E-state index in [1.807, 2.05) is 36.7 Å². The standard InChI is InChI=1S/C16H17N3O3/c1-11-7-6-10-18(12(11)2)13(3)16(20)17-14-8-4-5-9-15(14)19(21)22/h4-10,13H,1-3H3/p+1/t13-/m0/s1. The maximum absolute atomic E-state index is 12.4. The van der Waals surface area contributed by atoms with Crippen LogP contribution in [0.4, 0.5) is 11.4 Å². The van der Waals surface area contributed by atoms with Crippen LogP contribution in [0.3, 0.4) is 0 Å². The normalized spacial score (nSPS) is 11.8. The first kappa shape index (κ1) is 15.6. The Kier molecular flexibility index (Phi) is 4.50. The average molecular weight is 300 g/mol. The third-order valence-electron chi connectivity index (χ3n) is 3.71. The van der Waals surface area contributed by atoms with Crippen molar-refractivity contribution in [3.63, 3.8) is 0 Å². The molecule has 0 spiro atoms. The van der Waals surface area contributed by atoms with E-state index in [2.05, 4.69) is 5.32 Å². The molecule has 0 aliphatic heterocycles. The van der Waals surface area contributed by atoms with Gasteiger partial charge in [-0.2, -0.15) is 4.57 Å². The predicted octanol–water partition coefficient (Wildman–Crippen LogP) is 2.70. The minimum absolute atomic E-state index is 0.117. The van der Waals surface area contributed by atoms with Crippen molar-refractivity contribution in [3.05, 3.63) is 64.0 Å². The van der Waals surface area contributed by atoms with Gasteiger partial charge >= 0.3 is 0 Å². The minimum atomic E-state index is -0.509. The Labute approximate surface area is 128 Å². The van der Waals surface area contributed by atoms with E-state index in [0.29, 0.717) is 0 Å². The highest BCUT2D eigenvalue weighted by Crippen LogP contribution is 2.23. The Bertz CT molecular complexity index is 728. The summed E-state index contributed by atoms with van der Waals surface area (Å²) in [6.07, 6.45) is 1.83. The summed E-state index contributed by atoms with van der Waals surface area (Å²) < 4.78 is 1.85. The first-order valence-corrected chi connectivity index (χ1v) is 6.93. The molecular formula is C16H18N3O3+. The second kappa shape index (κ2) is 6.34. The van der Waals surface area contributed by atoms with Gasteiger partial charge in [-0.1, -0.05) is 12.1 Å². The minimum Gasteiger partial charge on any atom is -0.315 e. The van der Waals surface area contributed by atoms with Gasteiger partial charge in [0.15, 0.2) is 11.9 Å². The summed E-state index contributed by atoms with van der Waals surface area (Å²) in [5.74, 6) is -0.298. The summed E-state index contributed by atoms with van der Waals surface area (Å²) >= 11 is 0. The van der Waals surface area contributed by atoms with E-state index in [1.165, 1.54) is 12.1 Å². The van der Waals surface area contributed by atoms with E-state index >= 15 is 0 Å². The lowest BCUT2D eigenvalue weighted by molar-refractivity contribution is -0.711. The number of amides is 1. The molecule has 0 fully saturated rings. The molecule has 0 radical (unpaired) electrons. The monoisotopic (exact) mass is 300 g/mol. The molecule has 1 heterocycles. The third-order valence-corrected chi connectivity index (χ3v) is 3.71. The van der Waals surface area contributed by atoms with E-state index in [1.54, 1.807) is 19.1 Å². The molecule has 1 atom stereocenters. The topological polar surface area (TPSA) is 76.1 Å². The maximum atomic E-state index is 12.4. The molecule has 114 valence electrons. The predicted molar refractivity (Wildman–Crippen MR) is 82.5 cm³/mol. The van der Waals surface area contributed by atoms with Gasteiger partial charge < -0.3 is 5.32 Å². The molecule has 1 aromatic heterocycles. The van der Waals surface area contributed by atoms with Crippen LogP contribution < -0.4 is 9.88 Å². The molecule has 0 aliphatic rings. The highest BCUT2D eigenvalue weighted by Gasteiger charge is 2.26. The van der Waals surface area contributed by atoms with E-state index in [9.17, 15) is 14.9 Å². The van der Waals surface area contributed by atoms with Crippen molar-refractivity contribution in [2.75, 3.05) is 5.32 Å². The lowest BCUT2D eigenvalue weighted by Gasteiger charge is -2.11. The molecule has 2 aromatic rings. The molecule has 0 bridgehead atoms. The smallest absolute Gasteiger partial charge is 0.293 e. The first-order valence-electron chi connectivity index (χ1n) is 6.93. The zero-order valence-corrected chi connectivity index (χ0v) is 12.7. The largest absolute Gasteiger partial charge is 0.315 e. The van der Waals surface area contributed by atoms with Crippen LogP contribution in [-0.2, 0) is 4.79 Å². The molecule has 0 aliphatic carbocycles. The molecule has 0 saturated carbocycles. The number of benzene rings is 1. The summed E-state index contributed by atoms with van der Waals surface area (Å²) in [6.45, 7) is 5.67. The lowest BCUT2D eigenvalue weighted by Crippen LogP contribution is -2.47. The number of carbonyl (C=O) groups excluding carboxylic acids is 1. The van der Waals surface area contributed by atoms with Gasteiger partial charge in [-0.25, -0.2) is 0 Å². The Balaban J connectivity index is 2.26. The number of nitrogens with zero attached hydrogens (tertiary/aromatic N) is 2. The van der Waals surface area contributed by atoms with Crippen LogP contribution in [-0.4, -0.2) is 10.8 Å². The van der Waals surface area contributed by atoms with Crippen molar-refractivity contribution < 1.29 is 14.3 Å². The lowest BCUT2D eigenvalue weighted by atomic mass is 10.2. The summed E-state index contributed by atoms with van der Waals surface area (Å²) in [5.41, 5.74) is 2.14.